The van der Waals surface area contributed by atoms with Crippen LogP contribution in [0, 0.1) is 5.41 Å². The van der Waals surface area contributed by atoms with E-state index < -0.39 is 0 Å². The Hall–Kier alpha value is -0.370. The monoisotopic (exact) mass is 196 g/mol. The Morgan fingerprint density at radius 3 is 2.71 bits per heavy atom. The summed E-state index contributed by atoms with van der Waals surface area (Å²) in [5.41, 5.74) is -0.0201. The molecule has 0 saturated heterocycles. The first-order chi connectivity index (χ1) is 6.79. The van der Waals surface area contributed by atoms with Crippen molar-refractivity contribution >= 4 is 5.78 Å². The highest BCUT2D eigenvalue weighted by molar-refractivity contribution is 5.92. The van der Waals surface area contributed by atoms with Crippen LogP contribution >= 0.6 is 0 Å². The number of ether oxygens (including phenoxy) is 1. The zero-order chi connectivity index (χ0) is 10.0. The summed E-state index contributed by atoms with van der Waals surface area (Å²) in [7, 11) is 0. The summed E-state index contributed by atoms with van der Waals surface area (Å²) in [4.78, 5) is 11.6. The maximum atomic E-state index is 11.6. The van der Waals surface area contributed by atoms with Gasteiger partial charge in [0.15, 0.2) is 0 Å². The third-order valence-corrected chi connectivity index (χ3v) is 3.86. The van der Waals surface area contributed by atoms with E-state index in [2.05, 4.69) is 6.92 Å². The number of rotatable bonds is 4. The average Bonchev–Trinajstić information content (AvgIpc) is 2.68. The van der Waals surface area contributed by atoms with Gasteiger partial charge >= 0.3 is 0 Å². The van der Waals surface area contributed by atoms with Gasteiger partial charge in [0.2, 0.25) is 0 Å². The van der Waals surface area contributed by atoms with Crippen LogP contribution in [-0.4, -0.2) is 18.5 Å². The molecular formula is C12H20O2. The molecule has 0 bridgehead atoms. The molecule has 1 unspecified atom stereocenters. The van der Waals surface area contributed by atoms with Crippen molar-refractivity contribution in [2.45, 2.75) is 58.0 Å². The lowest BCUT2D eigenvalue weighted by Gasteiger charge is -2.44. The van der Waals surface area contributed by atoms with Crippen LogP contribution in [0.5, 0.6) is 0 Å². The lowest BCUT2D eigenvalue weighted by molar-refractivity contribution is -0.162. The van der Waals surface area contributed by atoms with E-state index in [-0.39, 0.29) is 11.5 Å². The minimum atomic E-state index is -0.0201. The molecule has 0 aliphatic heterocycles. The zero-order valence-electron chi connectivity index (χ0n) is 9.05. The lowest BCUT2D eigenvalue weighted by atomic mass is 9.63. The maximum Gasteiger partial charge on any atom is 0.144 e. The van der Waals surface area contributed by atoms with Crippen LogP contribution in [-0.2, 0) is 9.53 Å². The molecule has 14 heavy (non-hydrogen) atoms. The van der Waals surface area contributed by atoms with Crippen LogP contribution in [0.2, 0.25) is 0 Å². The molecule has 0 heterocycles. The van der Waals surface area contributed by atoms with Gasteiger partial charge in [-0.15, -0.1) is 0 Å². The second-order valence-electron chi connectivity index (χ2n) is 4.70. The largest absolute Gasteiger partial charge is 0.377 e. The molecular weight excluding hydrogens is 176 g/mol. The molecule has 1 atom stereocenters. The zero-order valence-corrected chi connectivity index (χ0v) is 9.05. The lowest BCUT2D eigenvalue weighted by Crippen LogP contribution is -2.53. The molecule has 1 spiro atoms. The van der Waals surface area contributed by atoms with Crippen LogP contribution in [0.3, 0.4) is 0 Å². The Balaban J connectivity index is 1.85. The Bertz CT molecular complexity index is 216. The van der Waals surface area contributed by atoms with Gasteiger partial charge in [-0.25, -0.2) is 0 Å². The van der Waals surface area contributed by atoms with Gasteiger partial charge in [0.1, 0.15) is 5.78 Å². The summed E-state index contributed by atoms with van der Waals surface area (Å²) in [6.07, 6.45) is 7.87. The Kier molecular flexibility index (Phi) is 2.91. The van der Waals surface area contributed by atoms with Gasteiger partial charge in [-0.2, -0.15) is 0 Å². The summed E-state index contributed by atoms with van der Waals surface area (Å²) in [5.74, 6) is 0.469. The molecule has 2 rings (SSSR count). The molecule has 0 amide bonds. The third-order valence-electron chi connectivity index (χ3n) is 3.86. The van der Waals surface area contributed by atoms with Crippen molar-refractivity contribution in [3.8, 4) is 0 Å². The molecule has 2 aliphatic carbocycles. The fourth-order valence-corrected chi connectivity index (χ4v) is 2.81. The summed E-state index contributed by atoms with van der Waals surface area (Å²) in [6, 6.07) is 0. The average molecular weight is 196 g/mol. The summed E-state index contributed by atoms with van der Waals surface area (Å²) in [6.45, 7) is 3.01. The minimum absolute atomic E-state index is 0.0201. The molecule has 2 aliphatic rings. The smallest absolute Gasteiger partial charge is 0.144 e. The molecule has 2 fully saturated rings. The number of carbonyl (C=O) groups is 1. The Morgan fingerprint density at radius 1 is 1.43 bits per heavy atom. The molecule has 2 heteroatoms. The van der Waals surface area contributed by atoms with Gasteiger partial charge in [0, 0.05) is 13.0 Å². The normalized spacial score (nSPS) is 29.5. The Labute approximate surface area is 86.0 Å². The van der Waals surface area contributed by atoms with Crippen molar-refractivity contribution in [1.82, 2.24) is 0 Å². The molecule has 0 radical (unpaired) electrons. The van der Waals surface area contributed by atoms with E-state index in [0.29, 0.717) is 12.2 Å². The van der Waals surface area contributed by atoms with E-state index in [9.17, 15) is 4.79 Å². The van der Waals surface area contributed by atoms with E-state index >= 15 is 0 Å². The fraction of sp³-hybridized carbons (Fsp3) is 0.917. The highest BCUT2D eigenvalue weighted by atomic mass is 16.5. The van der Waals surface area contributed by atoms with Crippen molar-refractivity contribution < 1.29 is 9.53 Å². The van der Waals surface area contributed by atoms with E-state index in [0.717, 1.165) is 25.9 Å². The van der Waals surface area contributed by atoms with E-state index in [1.165, 1.54) is 19.3 Å². The van der Waals surface area contributed by atoms with Crippen LogP contribution in [0.4, 0.5) is 0 Å². The number of carbonyl (C=O) groups excluding carboxylic acids is 1. The van der Waals surface area contributed by atoms with Gasteiger partial charge in [-0.3, -0.25) is 4.79 Å². The van der Waals surface area contributed by atoms with Crippen LogP contribution in [0.15, 0.2) is 0 Å². The van der Waals surface area contributed by atoms with Gasteiger partial charge in [-0.05, 0) is 19.3 Å². The van der Waals surface area contributed by atoms with Gasteiger partial charge < -0.3 is 4.74 Å². The van der Waals surface area contributed by atoms with E-state index in [1.807, 2.05) is 0 Å². The molecule has 0 aromatic rings. The number of ketones is 1. The second-order valence-corrected chi connectivity index (χ2v) is 4.70. The van der Waals surface area contributed by atoms with Gasteiger partial charge in [-0.1, -0.05) is 26.2 Å². The predicted molar refractivity (Wildman–Crippen MR) is 55.2 cm³/mol. The van der Waals surface area contributed by atoms with E-state index in [1.54, 1.807) is 0 Å². The molecule has 0 aromatic carbocycles. The molecule has 80 valence electrons. The summed E-state index contributed by atoms with van der Waals surface area (Å²) < 4.78 is 5.81. The number of hydrogen-bond acceptors (Lipinski definition) is 2. The molecule has 0 N–H and O–H groups in total. The van der Waals surface area contributed by atoms with Crippen molar-refractivity contribution in [3.05, 3.63) is 0 Å². The highest BCUT2D eigenvalue weighted by Crippen LogP contribution is 2.51. The molecule has 2 nitrogen and oxygen atoms in total. The number of hydrogen-bond donors (Lipinski definition) is 0. The Morgan fingerprint density at radius 2 is 2.14 bits per heavy atom. The van der Waals surface area contributed by atoms with Crippen LogP contribution < -0.4 is 0 Å². The first kappa shape index (κ1) is 10.2. The standard InChI is InChI=1S/C12H20O2/c1-2-3-8-14-11-9-10(13)12(11)6-4-5-7-12/h11H,2-9H2,1H3. The molecule has 2 saturated carbocycles. The van der Waals surface area contributed by atoms with E-state index in [4.69, 9.17) is 4.74 Å². The third kappa shape index (κ3) is 1.50. The number of unbranched alkanes of at least 4 members (excludes halogenated alkanes) is 1. The van der Waals surface area contributed by atoms with Crippen molar-refractivity contribution in [2.75, 3.05) is 6.61 Å². The first-order valence-electron chi connectivity index (χ1n) is 5.94. The topological polar surface area (TPSA) is 26.3 Å². The van der Waals surface area contributed by atoms with Crippen LogP contribution in [0.25, 0.3) is 0 Å². The second kappa shape index (κ2) is 4.01. The summed E-state index contributed by atoms with van der Waals surface area (Å²) in [5, 5.41) is 0. The van der Waals surface area contributed by atoms with Crippen molar-refractivity contribution in [2.24, 2.45) is 5.41 Å². The number of Topliss-reactive ketones (excluding diaryl/α,β-unsaturated/α-hetero) is 1. The van der Waals surface area contributed by atoms with Gasteiger partial charge in [0.25, 0.3) is 0 Å². The molecule has 0 aromatic heterocycles. The quantitative estimate of drug-likeness (QED) is 0.646. The summed E-state index contributed by atoms with van der Waals surface area (Å²) >= 11 is 0. The minimum Gasteiger partial charge on any atom is -0.377 e. The first-order valence-corrected chi connectivity index (χ1v) is 5.94. The SMILES string of the molecule is CCCCOC1CC(=O)C12CCCC2. The highest BCUT2D eigenvalue weighted by Gasteiger charge is 2.56. The van der Waals surface area contributed by atoms with Gasteiger partial charge in [0.05, 0.1) is 11.5 Å². The predicted octanol–water partition coefficient (Wildman–Crippen LogP) is 2.70. The maximum absolute atomic E-state index is 11.6. The van der Waals surface area contributed by atoms with Crippen molar-refractivity contribution in [1.29, 1.82) is 0 Å². The van der Waals surface area contributed by atoms with Crippen molar-refractivity contribution in [3.63, 3.8) is 0 Å². The fourth-order valence-electron chi connectivity index (χ4n) is 2.81. The van der Waals surface area contributed by atoms with Crippen LogP contribution in [0.1, 0.15) is 51.9 Å².